The van der Waals surface area contributed by atoms with Crippen LogP contribution in [0.25, 0.3) is 11.0 Å². The van der Waals surface area contributed by atoms with Gasteiger partial charge < -0.3 is 20.1 Å². The number of benzene rings is 2. The molecule has 5 nitrogen and oxygen atoms in total. The molecule has 0 saturated heterocycles. The lowest BCUT2D eigenvalue weighted by Gasteiger charge is -2.23. The van der Waals surface area contributed by atoms with Crippen molar-refractivity contribution in [1.29, 1.82) is 0 Å². The number of hydrogen-bond acceptors (Lipinski definition) is 4. The van der Waals surface area contributed by atoms with Gasteiger partial charge in [-0.3, -0.25) is 0 Å². The Bertz CT molecular complexity index is 862. The molecule has 130 valence electrons. The second-order valence-electron chi connectivity index (χ2n) is 6.79. The van der Waals surface area contributed by atoms with Gasteiger partial charge in [0.25, 0.3) is 0 Å². The van der Waals surface area contributed by atoms with Crippen LogP contribution in [0, 0.1) is 0 Å². The fourth-order valence-electron chi connectivity index (χ4n) is 3.89. The van der Waals surface area contributed by atoms with E-state index in [1.54, 1.807) is 0 Å². The topological polar surface area (TPSA) is 70.3 Å². The van der Waals surface area contributed by atoms with Crippen LogP contribution in [0.1, 0.15) is 23.7 Å². The van der Waals surface area contributed by atoms with Gasteiger partial charge in [-0.1, -0.05) is 42.5 Å². The zero-order valence-electron chi connectivity index (χ0n) is 14.2. The van der Waals surface area contributed by atoms with Gasteiger partial charge in [-0.15, -0.1) is 0 Å². The van der Waals surface area contributed by atoms with Crippen LogP contribution in [0.3, 0.4) is 0 Å². The summed E-state index contributed by atoms with van der Waals surface area (Å²) in [5.74, 6) is 1.00. The van der Waals surface area contributed by atoms with Crippen molar-refractivity contribution in [3.8, 4) is 0 Å². The van der Waals surface area contributed by atoms with Crippen molar-refractivity contribution in [1.82, 2.24) is 14.9 Å². The van der Waals surface area contributed by atoms with Gasteiger partial charge >= 0.3 is 0 Å². The van der Waals surface area contributed by atoms with E-state index < -0.39 is 12.2 Å². The molecule has 3 N–H and O–H groups in total. The smallest absolute Gasteiger partial charge is 0.123 e. The Hall–Kier alpha value is -2.21. The van der Waals surface area contributed by atoms with Gasteiger partial charge in [0.1, 0.15) is 5.82 Å². The van der Waals surface area contributed by atoms with Crippen molar-refractivity contribution in [2.24, 2.45) is 7.05 Å². The van der Waals surface area contributed by atoms with Gasteiger partial charge in [-0.2, -0.15) is 0 Å². The highest BCUT2D eigenvalue weighted by Gasteiger charge is 2.42. The number of rotatable bonds is 4. The van der Waals surface area contributed by atoms with E-state index >= 15 is 0 Å². The Kier molecular flexibility index (Phi) is 4.29. The first-order valence-corrected chi connectivity index (χ1v) is 8.70. The fraction of sp³-hybridized carbons (Fsp3) is 0.350. The Morgan fingerprint density at radius 2 is 1.80 bits per heavy atom. The normalized spacial score (nSPS) is 26.4. The first-order valence-electron chi connectivity index (χ1n) is 8.70. The predicted molar refractivity (Wildman–Crippen MR) is 97.2 cm³/mol. The summed E-state index contributed by atoms with van der Waals surface area (Å²) >= 11 is 0. The summed E-state index contributed by atoms with van der Waals surface area (Å²) in [7, 11) is 2.00. The maximum Gasteiger partial charge on any atom is 0.123 e. The highest BCUT2D eigenvalue weighted by atomic mass is 16.3. The zero-order chi connectivity index (χ0) is 17.4. The number of aromatic nitrogens is 2. The Balaban J connectivity index is 1.56. The van der Waals surface area contributed by atoms with Gasteiger partial charge in [0.15, 0.2) is 0 Å². The van der Waals surface area contributed by atoms with E-state index in [0.29, 0.717) is 13.0 Å². The number of aliphatic hydroxyl groups is 2. The lowest BCUT2D eigenvalue weighted by Crippen LogP contribution is -2.42. The number of para-hydroxylation sites is 2. The molecular formula is C20H23N3O2. The molecule has 3 aromatic rings. The van der Waals surface area contributed by atoms with Crippen molar-refractivity contribution >= 4 is 11.0 Å². The van der Waals surface area contributed by atoms with Crippen LogP contribution in [0.15, 0.2) is 54.6 Å². The van der Waals surface area contributed by atoms with Crippen molar-refractivity contribution < 1.29 is 10.2 Å². The summed E-state index contributed by atoms with van der Waals surface area (Å²) in [6.07, 6.45) is -0.922. The third-order valence-electron chi connectivity index (χ3n) is 5.29. The van der Waals surface area contributed by atoms with Crippen molar-refractivity contribution in [2.45, 2.75) is 37.1 Å². The van der Waals surface area contributed by atoms with Crippen LogP contribution >= 0.6 is 0 Å². The molecule has 0 aliphatic heterocycles. The summed E-state index contributed by atoms with van der Waals surface area (Å²) < 4.78 is 2.07. The number of nitrogens with one attached hydrogen (secondary N) is 1. The quantitative estimate of drug-likeness (QED) is 0.680. The number of fused-ring (bicyclic) bond motifs is 1. The van der Waals surface area contributed by atoms with Crippen molar-refractivity contribution in [2.75, 3.05) is 0 Å². The van der Waals surface area contributed by atoms with Crippen molar-refractivity contribution in [3.63, 3.8) is 0 Å². The zero-order valence-corrected chi connectivity index (χ0v) is 14.2. The second-order valence-corrected chi connectivity index (χ2v) is 6.79. The summed E-state index contributed by atoms with van der Waals surface area (Å²) in [6.45, 7) is 0.545. The molecule has 25 heavy (non-hydrogen) atoms. The van der Waals surface area contributed by atoms with Crippen LogP contribution < -0.4 is 5.32 Å². The van der Waals surface area contributed by atoms with Crippen LogP contribution in [0.4, 0.5) is 0 Å². The lowest BCUT2D eigenvalue weighted by molar-refractivity contribution is 0.0296. The molecule has 4 rings (SSSR count). The Labute approximate surface area is 146 Å². The number of nitrogens with zero attached hydrogens (tertiary/aromatic N) is 2. The molecule has 1 aromatic heterocycles. The molecule has 1 heterocycles. The van der Waals surface area contributed by atoms with Gasteiger partial charge in [0.05, 0.1) is 29.8 Å². The van der Waals surface area contributed by atoms with E-state index in [4.69, 9.17) is 0 Å². The fourth-order valence-corrected chi connectivity index (χ4v) is 3.89. The monoisotopic (exact) mass is 337 g/mol. The number of hydrogen-bond donors (Lipinski definition) is 3. The number of aryl methyl sites for hydroxylation is 1. The molecule has 0 radical (unpaired) electrons. The number of imidazole rings is 1. The second kappa shape index (κ2) is 6.59. The Morgan fingerprint density at radius 1 is 1.08 bits per heavy atom. The summed E-state index contributed by atoms with van der Waals surface area (Å²) in [6, 6.07) is 17.9. The molecule has 5 heteroatoms. The summed E-state index contributed by atoms with van der Waals surface area (Å²) in [5.41, 5.74) is 3.19. The average Bonchev–Trinajstić information content (AvgIpc) is 3.12. The maximum absolute atomic E-state index is 10.4. The molecule has 1 aliphatic rings. The van der Waals surface area contributed by atoms with Crippen LogP contribution in [-0.2, 0) is 13.6 Å². The van der Waals surface area contributed by atoms with E-state index in [-0.39, 0.29) is 12.0 Å². The first-order chi connectivity index (χ1) is 12.1. The molecule has 4 atom stereocenters. The third kappa shape index (κ3) is 2.95. The number of aliphatic hydroxyl groups excluding tert-OH is 2. The SMILES string of the molecule is Cn1c(CN[C@H]2[C@H](O)[C@H](O)C[C@@H]2c2ccccc2)nc2ccccc21. The minimum atomic E-state index is -0.778. The van der Waals surface area contributed by atoms with Gasteiger partial charge in [-0.25, -0.2) is 4.98 Å². The molecule has 1 saturated carbocycles. The summed E-state index contributed by atoms with van der Waals surface area (Å²) in [5, 5.41) is 24.0. The average molecular weight is 337 g/mol. The van der Waals surface area contributed by atoms with Gasteiger partial charge in [0.2, 0.25) is 0 Å². The third-order valence-corrected chi connectivity index (χ3v) is 5.29. The van der Waals surface area contributed by atoms with Gasteiger partial charge in [-0.05, 0) is 24.1 Å². The predicted octanol–water partition coefficient (Wildman–Crippen LogP) is 1.94. The van der Waals surface area contributed by atoms with Crippen LogP contribution in [-0.4, -0.2) is 38.0 Å². The molecule has 0 unspecified atom stereocenters. The standard InChI is InChI=1S/C20H23N3O2/c1-23-16-10-6-5-9-15(16)22-18(23)12-21-19-14(11-17(24)20(19)25)13-7-3-2-4-8-13/h2-10,14,17,19-21,24-25H,11-12H2,1H3/t14-,17-,19-,20-/m1/s1. The molecule has 0 amide bonds. The minimum Gasteiger partial charge on any atom is -0.390 e. The molecule has 0 bridgehead atoms. The maximum atomic E-state index is 10.4. The highest BCUT2D eigenvalue weighted by molar-refractivity contribution is 5.75. The Morgan fingerprint density at radius 3 is 2.56 bits per heavy atom. The largest absolute Gasteiger partial charge is 0.390 e. The molecule has 0 spiro atoms. The minimum absolute atomic E-state index is 0.0842. The van der Waals surface area contributed by atoms with E-state index in [9.17, 15) is 10.2 Å². The molecule has 1 fully saturated rings. The highest BCUT2D eigenvalue weighted by Crippen LogP contribution is 2.35. The molecule has 1 aliphatic carbocycles. The van der Waals surface area contributed by atoms with E-state index in [1.807, 2.05) is 49.5 Å². The van der Waals surface area contributed by atoms with Crippen LogP contribution in [0.5, 0.6) is 0 Å². The van der Waals surface area contributed by atoms with Crippen molar-refractivity contribution in [3.05, 3.63) is 66.0 Å². The van der Waals surface area contributed by atoms with E-state index in [1.165, 1.54) is 0 Å². The van der Waals surface area contributed by atoms with Crippen LogP contribution in [0.2, 0.25) is 0 Å². The van der Waals surface area contributed by atoms with Gasteiger partial charge in [0, 0.05) is 19.0 Å². The van der Waals surface area contributed by atoms with E-state index in [0.717, 1.165) is 22.4 Å². The molecular weight excluding hydrogens is 314 g/mol. The summed E-state index contributed by atoms with van der Waals surface area (Å²) in [4.78, 5) is 4.67. The molecule has 2 aromatic carbocycles. The lowest BCUT2D eigenvalue weighted by atomic mass is 9.93. The first kappa shape index (κ1) is 16.3. The van der Waals surface area contributed by atoms with E-state index in [2.05, 4.69) is 27.0 Å².